The van der Waals surface area contributed by atoms with Gasteiger partial charge >= 0.3 is 0 Å². The standard InChI is InChI=1S/C13H11N3/c1-16-9-15-8-13(16)11-4-2-3-10-5-6-14-7-12(10)11/h2-9H,1H3. The van der Waals surface area contributed by atoms with E-state index in [0.717, 1.165) is 11.1 Å². The minimum absolute atomic E-state index is 1.11. The van der Waals surface area contributed by atoms with E-state index in [4.69, 9.17) is 0 Å². The Morgan fingerprint density at radius 3 is 2.81 bits per heavy atom. The van der Waals surface area contributed by atoms with Crippen molar-refractivity contribution >= 4 is 10.8 Å². The number of hydrogen-bond acceptors (Lipinski definition) is 2. The molecule has 0 bridgehead atoms. The van der Waals surface area contributed by atoms with E-state index >= 15 is 0 Å². The molecule has 0 amide bonds. The number of imidazole rings is 1. The number of fused-ring (bicyclic) bond motifs is 1. The van der Waals surface area contributed by atoms with E-state index in [1.807, 2.05) is 42.6 Å². The number of aryl methyl sites for hydroxylation is 1. The molecule has 0 N–H and O–H groups in total. The Bertz CT molecular complexity index is 635. The zero-order valence-electron chi connectivity index (χ0n) is 8.96. The number of pyridine rings is 1. The van der Waals surface area contributed by atoms with Gasteiger partial charge in [-0.2, -0.15) is 0 Å². The first kappa shape index (κ1) is 9.09. The fraction of sp³-hybridized carbons (Fsp3) is 0.0769. The average molecular weight is 209 g/mol. The molecule has 3 rings (SSSR count). The second-order valence-corrected chi connectivity index (χ2v) is 3.79. The normalized spacial score (nSPS) is 10.8. The molecule has 1 aromatic carbocycles. The van der Waals surface area contributed by atoms with E-state index in [-0.39, 0.29) is 0 Å². The van der Waals surface area contributed by atoms with Crippen LogP contribution in [0.25, 0.3) is 22.0 Å². The molecule has 0 fully saturated rings. The summed E-state index contributed by atoms with van der Waals surface area (Å²) in [6, 6.07) is 8.28. The Labute approximate surface area is 93.4 Å². The molecule has 0 unspecified atom stereocenters. The van der Waals surface area contributed by atoms with Crippen LogP contribution in [0.1, 0.15) is 0 Å². The van der Waals surface area contributed by atoms with Crippen LogP contribution in [0.2, 0.25) is 0 Å². The lowest BCUT2D eigenvalue weighted by Gasteiger charge is -2.06. The van der Waals surface area contributed by atoms with Crippen molar-refractivity contribution in [1.82, 2.24) is 14.5 Å². The molecule has 0 radical (unpaired) electrons. The van der Waals surface area contributed by atoms with Crippen molar-refractivity contribution in [2.45, 2.75) is 0 Å². The first-order chi connectivity index (χ1) is 7.86. The predicted octanol–water partition coefficient (Wildman–Crippen LogP) is 2.64. The van der Waals surface area contributed by atoms with E-state index in [9.17, 15) is 0 Å². The minimum Gasteiger partial charge on any atom is -0.334 e. The molecule has 0 saturated carbocycles. The Kier molecular flexibility index (Phi) is 1.96. The largest absolute Gasteiger partial charge is 0.334 e. The average Bonchev–Trinajstić information content (AvgIpc) is 2.75. The van der Waals surface area contributed by atoms with Crippen LogP contribution in [0, 0.1) is 0 Å². The third-order valence-corrected chi connectivity index (χ3v) is 2.78. The number of rotatable bonds is 1. The van der Waals surface area contributed by atoms with Crippen molar-refractivity contribution in [3.63, 3.8) is 0 Å². The van der Waals surface area contributed by atoms with Crippen molar-refractivity contribution in [3.05, 3.63) is 49.2 Å². The molecule has 0 saturated heterocycles. The van der Waals surface area contributed by atoms with Gasteiger partial charge < -0.3 is 4.57 Å². The SMILES string of the molecule is Cn1cncc1-c1cccc2ccncc12. The summed E-state index contributed by atoms with van der Waals surface area (Å²) in [7, 11) is 2.00. The van der Waals surface area contributed by atoms with Crippen LogP contribution in [0.3, 0.4) is 0 Å². The first-order valence-corrected chi connectivity index (χ1v) is 5.16. The highest BCUT2D eigenvalue weighted by atomic mass is 15.0. The molecule has 0 aliphatic carbocycles. The molecule has 78 valence electrons. The van der Waals surface area contributed by atoms with Gasteiger partial charge in [0.15, 0.2) is 0 Å². The Hall–Kier alpha value is -2.16. The highest BCUT2D eigenvalue weighted by molar-refractivity contribution is 5.95. The highest BCUT2D eigenvalue weighted by Crippen LogP contribution is 2.26. The van der Waals surface area contributed by atoms with Crippen LogP contribution in [0.15, 0.2) is 49.2 Å². The van der Waals surface area contributed by atoms with Crippen LogP contribution in [0.4, 0.5) is 0 Å². The third-order valence-electron chi connectivity index (χ3n) is 2.78. The van der Waals surface area contributed by atoms with Gasteiger partial charge in [-0.05, 0) is 11.5 Å². The zero-order chi connectivity index (χ0) is 11.0. The van der Waals surface area contributed by atoms with Gasteiger partial charge in [0.1, 0.15) is 0 Å². The zero-order valence-corrected chi connectivity index (χ0v) is 8.96. The topological polar surface area (TPSA) is 30.7 Å². The maximum Gasteiger partial charge on any atom is 0.0948 e. The summed E-state index contributed by atoms with van der Waals surface area (Å²) in [6.07, 6.45) is 7.40. The summed E-state index contributed by atoms with van der Waals surface area (Å²) in [5.74, 6) is 0. The van der Waals surface area contributed by atoms with Crippen molar-refractivity contribution < 1.29 is 0 Å². The van der Waals surface area contributed by atoms with Gasteiger partial charge in [0.05, 0.1) is 18.2 Å². The fourth-order valence-corrected chi connectivity index (χ4v) is 1.95. The minimum atomic E-state index is 1.11. The molecule has 0 aliphatic rings. The van der Waals surface area contributed by atoms with Gasteiger partial charge in [0.25, 0.3) is 0 Å². The van der Waals surface area contributed by atoms with Gasteiger partial charge in [-0.25, -0.2) is 4.98 Å². The summed E-state index contributed by atoms with van der Waals surface area (Å²) < 4.78 is 2.02. The van der Waals surface area contributed by atoms with Gasteiger partial charge in [0.2, 0.25) is 0 Å². The fourth-order valence-electron chi connectivity index (χ4n) is 1.95. The van der Waals surface area contributed by atoms with Gasteiger partial charge in [-0.15, -0.1) is 0 Å². The van der Waals surface area contributed by atoms with E-state index in [1.165, 1.54) is 10.9 Å². The monoisotopic (exact) mass is 209 g/mol. The summed E-state index contributed by atoms with van der Waals surface area (Å²) in [5.41, 5.74) is 2.28. The second-order valence-electron chi connectivity index (χ2n) is 3.79. The van der Waals surface area contributed by atoms with Crippen molar-refractivity contribution in [1.29, 1.82) is 0 Å². The second kappa shape index (κ2) is 3.45. The highest BCUT2D eigenvalue weighted by Gasteiger charge is 2.06. The molecule has 0 spiro atoms. The Balaban J connectivity index is 2.36. The van der Waals surface area contributed by atoms with Gasteiger partial charge in [-0.1, -0.05) is 18.2 Å². The van der Waals surface area contributed by atoms with E-state index in [1.54, 1.807) is 0 Å². The van der Waals surface area contributed by atoms with Crippen molar-refractivity contribution in [2.24, 2.45) is 7.05 Å². The van der Waals surface area contributed by atoms with E-state index in [0.29, 0.717) is 0 Å². The number of aromatic nitrogens is 3. The van der Waals surface area contributed by atoms with Crippen LogP contribution >= 0.6 is 0 Å². The third kappa shape index (κ3) is 1.29. The quantitative estimate of drug-likeness (QED) is 0.616. The van der Waals surface area contributed by atoms with Crippen LogP contribution < -0.4 is 0 Å². The molecule has 0 aliphatic heterocycles. The van der Waals surface area contributed by atoms with Gasteiger partial charge in [0, 0.05) is 30.4 Å². The number of nitrogens with zero attached hydrogens (tertiary/aromatic N) is 3. The molecule has 2 heterocycles. The van der Waals surface area contributed by atoms with E-state index < -0.39 is 0 Å². The predicted molar refractivity (Wildman–Crippen MR) is 63.9 cm³/mol. The molecular formula is C13H11N3. The Morgan fingerprint density at radius 2 is 2.00 bits per heavy atom. The summed E-state index contributed by atoms with van der Waals surface area (Å²) in [6.45, 7) is 0. The molecule has 3 aromatic rings. The molecule has 3 heteroatoms. The van der Waals surface area contributed by atoms with Crippen molar-refractivity contribution in [3.8, 4) is 11.3 Å². The van der Waals surface area contributed by atoms with Crippen LogP contribution in [0.5, 0.6) is 0 Å². The lowest BCUT2D eigenvalue weighted by Crippen LogP contribution is -1.90. The molecule has 2 aromatic heterocycles. The van der Waals surface area contributed by atoms with Gasteiger partial charge in [-0.3, -0.25) is 4.98 Å². The number of benzene rings is 1. The summed E-state index contributed by atoms with van der Waals surface area (Å²) in [5, 5.41) is 2.36. The van der Waals surface area contributed by atoms with E-state index in [2.05, 4.69) is 28.2 Å². The molecule has 3 nitrogen and oxygen atoms in total. The summed E-state index contributed by atoms with van der Waals surface area (Å²) >= 11 is 0. The Morgan fingerprint density at radius 1 is 1.06 bits per heavy atom. The lowest BCUT2D eigenvalue weighted by molar-refractivity contribution is 0.922. The van der Waals surface area contributed by atoms with Crippen molar-refractivity contribution in [2.75, 3.05) is 0 Å². The molecule has 16 heavy (non-hydrogen) atoms. The molecular weight excluding hydrogens is 198 g/mol. The van der Waals surface area contributed by atoms with Crippen LogP contribution in [-0.2, 0) is 7.05 Å². The lowest BCUT2D eigenvalue weighted by atomic mass is 10.0. The first-order valence-electron chi connectivity index (χ1n) is 5.16. The maximum absolute atomic E-state index is 4.18. The smallest absolute Gasteiger partial charge is 0.0948 e. The maximum atomic E-state index is 4.18. The number of hydrogen-bond donors (Lipinski definition) is 0. The van der Waals surface area contributed by atoms with Crippen LogP contribution in [-0.4, -0.2) is 14.5 Å². The molecule has 0 atom stereocenters. The summed E-state index contributed by atoms with van der Waals surface area (Å²) in [4.78, 5) is 8.33.